The van der Waals surface area contributed by atoms with Gasteiger partial charge in [-0.05, 0) is 50.6 Å². The molecular formula is C12H23N. The highest BCUT2D eigenvalue weighted by Gasteiger charge is 2.20. The average molecular weight is 181 g/mol. The lowest BCUT2D eigenvalue weighted by Crippen LogP contribution is -2.18. The first-order valence-corrected chi connectivity index (χ1v) is 6.16. The van der Waals surface area contributed by atoms with Gasteiger partial charge in [-0.15, -0.1) is 0 Å². The van der Waals surface area contributed by atoms with Crippen molar-refractivity contribution in [3.05, 3.63) is 0 Å². The van der Waals surface area contributed by atoms with Crippen molar-refractivity contribution in [3.63, 3.8) is 0 Å². The van der Waals surface area contributed by atoms with Crippen LogP contribution in [0.2, 0.25) is 0 Å². The van der Waals surface area contributed by atoms with Crippen molar-refractivity contribution < 1.29 is 0 Å². The Balaban J connectivity index is 1.39. The minimum absolute atomic E-state index is 1.05. The van der Waals surface area contributed by atoms with Crippen molar-refractivity contribution in [3.8, 4) is 0 Å². The Kier molecular flexibility index (Phi) is 3.65. The van der Waals surface area contributed by atoms with Crippen LogP contribution in [0.15, 0.2) is 0 Å². The molecule has 0 aliphatic heterocycles. The highest BCUT2D eigenvalue weighted by Crippen LogP contribution is 2.29. The summed E-state index contributed by atoms with van der Waals surface area (Å²) in [6.07, 6.45) is 11.9. The molecule has 2 fully saturated rings. The summed E-state index contributed by atoms with van der Waals surface area (Å²) in [5.74, 6) is 2.13. The molecule has 0 spiro atoms. The van der Waals surface area contributed by atoms with Crippen LogP contribution < -0.4 is 5.32 Å². The van der Waals surface area contributed by atoms with Crippen LogP contribution >= 0.6 is 0 Å². The summed E-state index contributed by atoms with van der Waals surface area (Å²) in [7, 11) is 0. The van der Waals surface area contributed by atoms with E-state index in [1.54, 1.807) is 0 Å². The van der Waals surface area contributed by atoms with Crippen molar-refractivity contribution >= 4 is 0 Å². The van der Waals surface area contributed by atoms with Crippen LogP contribution in [0.4, 0.5) is 0 Å². The normalized spacial score (nSPS) is 24.0. The Morgan fingerprint density at radius 1 is 0.923 bits per heavy atom. The molecule has 1 heteroatoms. The van der Waals surface area contributed by atoms with E-state index in [-0.39, 0.29) is 0 Å². The first-order valence-electron chi connectivity index (χ1n) is 6.16. The summed E-state index contributed by atoms with van der Waals surface area (Å²) in [4.78, 5) is 0. The molecule has 2 aliphatic carbocycles. The molecule has 2 saturated carbocycles. The fourth-order valence-corrected chi connectivity index (χ4v) is 2.44. The van der Waals surface area contributed by atoms with Gasteiger partial charge >= 0.3 is 0 Å². The largest absolute Gasteiger partial charge is 0.316 e. The highest BCUT2D eigenvalue weighted by atomic mass is 14.9. The van der Waals surface area contributed by atoms with E-state index < -0.39 is 0 Å². The van der Waals surface area contributed by atoms with Gasteiger partial charge in [0.1, 0.15) is 0 Å². The first kappa shape index (κ1) is 9.51. The van der Waals surface area contributed by atoms with Crippen LogP contribution in [-0.4, -0.2) is 13.1 Å². The van der Waals surface area contributed by atoms with Crippen molar-refractivity contribution in [2.75, 3.05) is 13.1 Å². The quantitative estimate of drug-likeness (QED) is 0.621. The van der Waals surface area contributed by atoms with Crippen molar-refractivity contribution in [1.82, 2.24) is 5.32 Å². The molecule has 76 valence electrons. The molecule has 2 aliphatic rings. The first-order chi connectivity index (χ1) is 6.45. The second kappa shape index (κ2) is 4.99. The molecule has 0 aromatic carbocycles. The number of nitrogens with one attached hydrogen (secondary N) is 1. The predicted octanol–water partition coefficient (Wildman–Crippen LogP) is 2.96. The van der Waals surface area contributed by atoms with E-state index in [9.17, 15) is 0 Å². The maximum Gasteiger partial charge on any atom is -0.00205 e. The smallest absolute Gasteiger partial charge is 0.00205 e. The summed E-state index contributed by atoms with van der Waals surface area (Å²) in [5.41, 5.74) is 0. The van der Waals surface area contributed by atoms with E-state index in [1.807, 2.05) is 0 Å². The molecule has 0 amide bonds. The summed E-state index contributed by atoms with van der Waals surface area (Å²) in [6, 6.07) is 0. The summed E-state index contributed by atoms with van der Waals surface area (Å²) in [6.45, 7) is 2.57. The molecule has 0 bridgehead atoms. The van der Waals surface area contributed by atoms with Gasteiger partial charge in [0.15, 0.2) is 0 Å². The Morgan fingerprint density at radius 3 is 2.38 bits per heavy atom. The molecule has 0 heterocycles. The molecule has 1 nitrogen and oxygen atoms in total. The zero-order valence-corrected chi connectivity index (χ0v) is 8.73. The topological polar surface area (TPSA) is 12.0 Å². The van der Waals surface area contributed by atoms with Gasteiger partial charge < -0.3 is 5.32 Å². The van der Waals surface area contributed by atoms with Gasteiger partial charge in [0, 0.05) is 0 Å². The Labute approximate surface area is 82.3 Å². The van der Waals surface area contributed by atoms with E-state index in [4.69, 9.17) is 0 Å². The standard InChI is InChI=1S/C12H23N/c1-2-5-11(4-1)6-3-9-13-10-12-7-8-12/h11-13H,1-10H2. The van der Waals surface area contributed by atoms with Crippen LogP contribution in [0.3, 0.4) is 0 Å². The third-order valence-corrected chi connectivity index (χ3v) is 3.57. The fourth-order valence-electron chi connectivity index (χ4n) is 2.44. The molecule has 2 rings (SSSR count). The van der Waals surface area contributed by atoms with Crippen LogP contribution in [0, 0.1) is 11.8 Å². The van der Waals surface area contributed by atoms with Crippen molar-refractivity contribution in [2.45, 2.75) is 51.4 Å². The van der Waals surface area contributed by atoms with Gasteiger partial charge in [-0.1, -0.05) is 25.7 Å². The van der Waals surface area contributed by atoms with Crippen LogP contribution in [0.25, 0.3) is 0 Å². The lowest BCUT2D eigenvalue weighted by Gasteiger charge is -2.08. The second-order valence-corrected chi connectivity index (χ2v) is 4.94. The van der Waals surface area contributed by atoms with Gasteiger partial charge in [0.2, 0.25) is 0 Å². The zero-order valence-electron chi connectivity index (χ0n) is 8.73. The van der Waals surface area contributed by atoms with Crippen LogP contribution in [0.1, 0.15) is 51.4 Å². The average Bonchev–Trinajstić information content (AvgIpc) is 2.81. The van der Waals surface area contributed by atoms with Gasteiger partial charge in [-0.2, -0.15) is 0 Å². The second-order valence-electron chi connectivity index (χ2n) is 4.94. The highest BCUT2D eigenvalue weighted by molar-refractivity contribution is 4.75. The molecule has 0 radical (unpaired) electrons. The zero-order chi connectivity index (χ0) is 8.93. The van der Waals surface area contributed by atoms with E-state index in [0.29, 0.717) is 0 Å². The molecule has 0 saturated heterocycles. The molecule has 0 unspecified atom stereocenters. The van der Waals surface area contributed by atoms with Crippen molar-refractivity contribution in [2.24, 2.45) is 11.8 Å². The maximum absolute atomic E-state index is 3.57. The SMILES string of the molecule is C1CCC(CCCNCC2CC2)C1. The minimum Gasteiger partial charge on any atom is -0.316 e. The van der Waals surface area contributed by atoms with E-state index in [0.717, 1.165) is 11.8 Å². The summed E-state index contributed by atoms with van der Waals surface area (Å²) in [5, 5.41) is 3.57. The van der Waals surface area contributed by atoms with Gasteiger partial charge in [-0.3, -0.25) is 0 Å². The summed E-state index contributed by atoms with van der Waals surface area (Å²) >= 11 is 0. The Bertz CT molecular complexity index is 134. The van der Waals surface area contributed by atoms with E-state index >= 15 is 0 Å². The summed E-state index contributed by atoms with van der Waals surface area (Å²) < 4.78 is 0. The van der Waals surface area contributed by atoms with Gasteiger partial charge in [0.25, 0.3) is 0 Å². The molecule has 0 atom stereocenters. The third-order valence-electron chi connectivity index (χ3n) is 3.57. The number of hydrogen-bond donors (Lipinski definition) is 1. The predicted molar refractivity (Wildman–Crippen MR) is 56.8 cm³/mol. The fraction of sp³-hybridized carbons (Fsp3) is 1.00. The monoisotopic (exact) mass is 181 g/mol. The Hall–Kier alpha value is -0.0400. The van der Waals surface area contributed by atoms with Crippen LogP contribution in [0.5, 0.6) is 0 Å². The van der Waals surface area contributed by atoms with E-state index in [1.165, 1.54) is 64.5 Å². The van der Waals surface area contributed by atoms with Crippen molar-refractivity contribution in [1.29, 1.82) is 0 Å². The lowest BCUT2D eigenvalue weighted by atomic mass is 10.0. The number of hydrogen-bond acceptors (Lipinski definition) is 1. The van der Waals surface area contributed by atoms with Crippen LogP contribution in [-0.2, 0) is 0 Å². The van der Waals surface area contributed by atoms with Gasteiger partial charge in [-0.25, -0.2) is 0 Å². The lowest BCUT2D eigenvalue weighted by molar-refractivity contribution is 0.468. The third kappa shape index (κ3) is 3.68. The molecule has 0 aromatic heterocycles. The Morgan fingerprint density at radius 2 is 1.69 bits per heavy atom. The maximum atomic E-state index is 3.57. The molecule has 13 heavy (non-hydrogen) atoms. The molecular weight excluding hydrogens is 158 g/mol. The molecule has 1 N–H and O–H groups in total. The number of rotatable bonds is 6. The minimum atomic E-state index is 1.05. The van der Waals surface area contributed by atoms with E-state index in [2.05, 4.69) is 5.32 Å². The molecule has 0 aromatic rings. The van der Waals surface area contributed by atoms with Gasteiger partial charge in [0.05, 0.1) is 0 Å².